The molecule has 0 saturated heterocycles. The van der Waals surface area contributed by atoms with Crippen LogP contribution in [-0.4, -0.2) is 36.6 Å². The fourth-order valence-corrected chi connectivity index (χ4v) is 3.91. The normalized spacial score (nSPS) is 20.0. The van der Waals surface area contributed by atoms with Gasteiger partial charge in [-0.15, -0.1) is 0 Å². The molecule has 4 N–H and O–H groups in total. The van der Waals surface area contributed by atoms with Gasteiger partial charge in [0.15, 0.2) is 5.65 Å². The Kier molecular flexibility index (Phi) is 5.36. The minimum absolute atomic E-state index is 0.118. The smallest absolute Gasteiger partial charge is 0.225 e. The number of aromatic nitrogens is 5. The first-order valence-corrected chi connectivity index (χ1v) is 10.3. The Bertz CT molecular complexity index is 952. The monoisotopic (exact) mass is 394 g/mol. The summed E-state index contributed by atoms with van der Waals surface area (Å²) in [6, 6.07) is 6.12. The molecule has 0 atom stereocenters. The highest BCUT2D eigenvalue weighted by molar-refractivity contribution is 5.76. The molecule has 154 valence electrons. The number of nitrogens with two attached hydrogens (primary N) is 1. The highest BCUT2D eigenvalue weighted by atomic mass is 15.3. The van der Waals surface area contributed by atoms with Crippen LogP contribution in [0, 0.1) is 5.92 Å². The summed E-state index contributed by atoms with van der Waals surface area (Å²) in [5.41, 5.74) is 7.41. The summed E-state index contributed by atoms with van der Waals surface area (Å²) in [5, 5.41) is 6.75. The number of fused-ring (bicyclic) bond motifs is 1. The SMILES string of the molecule is CC(C)(C)Nc1ncc2nc(Nc3ccccn3)n([C@H]3CC[C@@H](CN)CC3)c2n1. The first kappa shape index (κ1) is 19.6. The largest absolute Gasteiger partial charge is 0.350 e. The van der Waals surface area contributed by atoms with Crippen LogP contribution in [0.1, 0.15) is 52.5 Å². The lowest BCUT2D eigenvalue weighted by Crippen LogP contribution is -2.27. The van der Waals surface area contributed by atoms with Gasteiger partial charge in [0.05, 0.1) is 6.20 Å². The molecule has 3 heterocycles. The standard InChI is InChI=1S/C21H30N8/c1-21(2,3)28-19-24-13-16-18(27-19)29(15-9-7-14(12-22)8-10-15)20(25-16)26-17-6-4-5-11-23-17/h4-6,11,13-15H,7-10,12,22H2,1-3H3,(H,23,25,26)(H,24,27,28)/t14-,15+. The molecule has 0 unspecified atom stereocenters. The quantitative estimate of drug-likeness (QED) is 0.603. The third-order valence-corrected chi connectivity index (χ3v) is 5.34. The van der Waals surface area contributed by atoms with E-state index in [0.717, 1.165) is 55.2 Å². The van der Waals surface area contributed by atoms with E-state index < -0.39 is 0 Å². The van der Waals surface area contributed by atoms with E-state index >= 15 is 0 Å². The second-order valence-corrected chi connectivity index (χ2v) is 8.83. The lowest BCUT2D eigenvalue weighted by molar-refractivity contribution is 0.284. The van der Waals surface area contributed by atoms with E-state index in [-0.39, 0.29) is 5.54 Å². The molecule has 0 spiro atoms. The van der Waals surface area contributed by atoms with Crippen molar-refractivity contribution in [2.45, 2.75) is 58.0 Å². The number of rotatable bonds is 5. The fraction of sp³-hybridized carbons (Fsp3) is 0.524. The second kappa shape index (κ2) is 7.94. The van der Waals surface area contributed by atoms with E-state index in [1.54, 1.807) is 12.4 Å². The molecule has 0 bridgehead atoms. The molecule has 3 aromatic heterocycles. The number of imidazole rings is 1. The molecule has 1 fully saturated rings. The Hall–Kier alpha value is -2.74. The number of nitrogens with zero attached hydrogens (tertiary/aromatic N) is 5. The summed E-state index contributed by atoms with van der Waals surface area (Å²) in [4.78, 5) is 18.5. The van der Waals surface area contributed by atoms with Crippen LogP contribution in [0.3, 0.4) is 0 Å². The Labute approximate surface area is 171 Å². The summed E-state index contributed by atoms with van der Waals surface area (Å²) in [5.74, 6) is 2.75. The van der Waals surface area contributed by atoms with Gasteiger partial charge < -0.3 is 16.4 Å². The van der Waals surface area contributed by atoms with Gasteiger partial charge in [-0.05, 0) is 71.0 Å². The highest BCUT2D eigenvalue weighted by Gasteiger charge is 2.26. The molecular formula is C21H30N8. The van der Waals surface area contributed by atoms with Crippen molar-refractivity contribution < 1.29 is 0 Å². The molecule has 1 aliphatic carbocycles. The third kappa shape index (κ3) is 4.48. The zero-order valence-electron chi connectivity index (χ0n) is 17.4. The van der Waals surface area contributed by atoms with Crippen molar-refractivity contribution in [3.63, 3.8) is 0 Å². The average Bonchev–Trinajstić information content (AvgIpc) is 3.04. The number of anilines is 3. The predicted octanol–water partition coefficient (Wildman–Crippen LogP) is 3.87. The van der Waals surface area contributed by atoms with E-state index in [1.165, 1.54) is 0 Å². The van der Waals surface area contributed by atoms with Gasteiger partial charge in [0, 0.05) is 17.8 Å². The highest BCUT2D eigenvalue weighted by Crippen LogP contribution is 2.36. The van der Waals surface area contributed by atoms with E-state index in [9.17, 15) is 0 Å². The molecule has 8 nitrogen and oxygen atoms in total. The second-order valence-electron chi connectivity index (χ2n) is 8.83. The van der Waals surface area contributed by atoms with Crippen LogP contribution in [0.25, 0.3) is 11.2 Å². The zero-order chi connectivity index (χ0) is 20.4. The molecule has 0 aliphatic heterocycles. The summed E-state index contributed by atoms with van der Waals surface area (Å²) in [6.07, 6.45) is 7.95. The average molecular weight is 395 g/mol. The van der Waals surface area contributed by atoms with Crippen LogP contribution in [0.5, 0.6) is 0 Å². The first-order chi connectivity index (χ1) is 13.9. The number of hydrogen-bond acceptors (Lipinski definition) is 7. The van der Waals surface area contributed by atoms with Crippen LogP contribution >= 0.6 is 0 Å². The molecule has 1 aliphatic rings. The third-order valence-electron chi connectivity index (χ3n) is 5.34. The van der Waals surface area contributed by atoms with E-state index in [2.05, 4.69) is 45.9 Å². The van der Waals surface area contributed by atoms with E-state index in [1.807, 2.05) is 18.2 Å². The van der Waals surface area contributed by atoms with Crippen LogP contribution in [0.15, 0.2) is 30.6 Å². The van der Waals surface area contributed by atoms with Gasteiger partial charge in [-0.3, -0.25) is 4.57 Å². The molecule has 8 heteroatoms. The van der Waals surface area contributed by atoms with Crippen LogP contribution in [0.2, 0.25) is 0 Å². The molecule has 3 aromatic rings. The van der Waals surface area contributed by atoms with Crippen molar-refractivity contribution in [1.29, 1.82) is 0 Å². The maximum Gasteiger partial charge on any atom is 0.225 e. The van der Waals surface area contributed by atoms with Gasteiger partial charge in [0.1, 0.15) is 11.3 Å². The zero-order valence-corrected chi connectivity index (χ0v) is 17.4. The van der Waals surface area contributed by atoms with Crippen molar-refractivity contribution in [3.05, 3.63) is 30.6 Å². The summed E-state index contributed by atoms with van der Waals surface area (Å²) in [7, 11) is 0. The molecular weight excluding hydrogens is 364 g/mol. The summed E-state index contributed by atoms with van der Waals surface area (Å²) < 4.78 is 2.23. The van der Waals surface area contributed by atoms with E-state index in [0.29, 0.717) is 17.9 Å². The van der Waals surface area contributed by atoms with E-state index in [4.69, 9.17) is 15.7 Å². The van der Waals surface area contributed by atoms with Crippen molar-refractivity contribution in [2.24, 2.45) is 11.7 Å². The lowest BCUT2D eigenvalue weighted by Gasteiger charge is -2.29. The molecule has 1 saturated carbocycles. The number of pyridine rings is 1. The molecule has 0 aromatic carbocycles. The maximum atomic E-state index is 5.90. The fourth-order valence-electron chi connectivity index (χ4n) is 3.91. The molecule has 0 amide bonds. The Balaban J connectivity index is 1.74. The number of nitrogens with one attached hydrogen (secondary N) is 2. The van der Waals surface area contributed by atoms with Gasteiger partial charge in [0.25, 0.3) is 0 Å². The topological polar surface area (TPSA) is 107 Å². The summed E-state index contributed by atoms with van der Waals surface area (Å²) in [6.45, 7) is 7.05. The minimum Gasteiger partial charge on any atom is -0.350 e. The number of hydrogen-bond donors (Lipinski definition) is 3. The van der Waals surface area contributed by atoms with Crippen LogP contribution in [0.4, 0.5) is 17.7 Å². The Morgan fingerprint density at radius 2 is 1.90 bits per heavy atom. The molecule has 4 rings (SSSR count). The van der Waals surface area contributed by atoms with Crippen LogP contribution < -0.4 is 16.4 Å². The minimum atomic E-state index is -0.118. The maximum absolute atomic E-state index is 5.90. The van der Waals surface area contributed by atoms with Crippen molar-refractivity contribution in [3.8, 4) is 0 Å². The Morgan fingerprint density at radius 1 is 1.10 bits per heavy atom. The Morgan fingerprint density at radius 3 is 2.55 bits per heavy atom. The summed E-state index contributed by atoms with van der Waals surface area (Å²) >= 11 is 0. The predicted molar refractivity (Wildman–Crippen MR) is 116 cm³/mol. The van der Waals surface area contributed by atoms with Gasteiger partial charge in [-0.2, -0.15) is 4.98 Å². The van der Waals surface area contributed by atoms with Gasteiger partial charge >= 0.3 is 0 Å². The van der Waals surface area contributed by atoms with Gasteiger partial charge in [0.2, 0.25) is 11.9 Å². The first-order valence-electron chi connectivity index (χ1n) is 10.3. The molecule has 29 heavy (non-hydrogen) atoms. The van der Waals surface area contributed by atoms with Gasteiger partial charge in [-0.1, -0.05) is 6.07 Å². The van der Waals surface area contributed by atoms with Gasteiger partial charge in [-0.25, -0.2) is 15.0 Å². The lowest BCUT2D eigenvalue weighted by atomic mass is 9.86. The molecule has 0 radical (unpaired) electrons. The van der Waals surface area contributed by atoms with Crippen molar-refractivity contribution in [2.75, 3.05) is 17.2 Å². The van der Waals surface area contributed by atoms with Crippen molar-refractivity contribution >= 4 is 28.9 Å². The van der Waals surface area contributed by atoms with Crippen molar-refractivity contribution in [1.82, 2.24) is 24.5 Å². The van der Waals surface area contributed by atoms with Crippen LogP contribution in [-0.2, 0) is 0 Å².